The molecule has 9 heteroatoms. The minimum absolute atomic E-state index is 0.0217. The summed E-state index contributed by atoms with van der Waals surface area (Å²) in [6, 6.07) is 1.34. The summed E-state index contributed by atoms with van der Waals surface area (Å²) in [5, 5.41) is 14.2. The van der Waals surface area contributed by atoms with Gasteiger partial charge in [0.05, 0.1) is 23.8 Å². The molecule has 0 bridgehead atoms. The van der Waals surface area contributed by atoms with Gasteiger partial charge in [-0.3, -0.25) is 10.1 Å². The van der Waals surface area contributed by atoms with E-state index in [2.05, 4.69) is 10.0 Å². The topological polar surface area (TPSA) is 110 Å². The number of nitro groups is 1. The van der Waals surface area contributed by atoms with Gasteiger partial charge in [-0.2, -0.15) is 0 Å². The molecule has 1 aliphatic heterocycles. The highest BCUT2D eigenvalue weighted by Gasteiger charge is 2.28. The monoisotopic (exact) mass is 284 g/mol. The second kappa shape index (κ2) is 5.64. The molecule has 0 amide bonds. The van der Waals surface area contributed by atoms with Gasteiger partial charge in [-0.25, -0.2) is 0 Å². The summed E-state index contributed by atoms with van der Waals surface area (Å²) in [6.07, 6.45) is 1.50. The average Bonchev–Trinajstić information content (AvgIpc) is 2.33. The van der Waals surface area contributed by atoms with Gasteiger partial charge in [-0.1, -0.05) is 16.7 Å². The number of hydrogen-bond acceptors (Lipinski definition) is 5. The zero-order chi connectivity index (χ0) is 13.8. The van der Waals surface area contributed by atoms with E-state index >= 15 is 0 Å². The lowest BCUT2D eigenvalue weighted by atomic mass is 10.2. The van der Waals surface area contributed by atoms with E-state index in [9.17, 15) is 10.1 Å². The molecule has 0 atom stereocenters. The molecule has 0 aromatic heterocycles. The van der Waals surface area contributed by atoms with Gasteiger partial charge in [0.25, 0.3) is 0 Å². The van der Waals surface area contributed by atoms with Crippen molar-refractivity contribution < 1.29 is 14.4 Å². The highest BCUT2D eigenvalue weighted by Crippen LogP contribution is 2.48. The Kier molecular flexibility index (Phi) is 3.94. The van der Waals surface area contributed by atoms with Crippen LogP contribution in [0, 0.1) is 10.1 Å². The fourth-order valence-corrected chi connectivity index (χ4v) is 1.93. The van der Waals surface area contributed by atoms with E-state index in [1.54, 1.807) is 0 Å². The van der Waals surface area contributed by atoms with Gasteiger partial charge in [0, 0.05) is 4.91 Å². The molecule has 100 valence electrons. The van der Waals surface area contributed by atoms with Gasteiger partial charge in [0.2, 0.25) is 5.75 Å². The first kappa shape index (κ1) is 13.3. The summed E-state index contributed by atoms with van der Waals surface area (Å²) in [7, 11) is 0. The van der Waals surface area contributed by atoms with E-state index in [-0.39, 0.29) is 22.2 Å². The van der Waals surface area contributed by atoms with E-state index < -0.39 is 10.6 Å². The molecule has 0 unspecified atom stereocenters. The van der Waals surface area contributed by atoms with Crippen molar-refractivity contribution in [3.05, 3.63) is 31.6 Å². The fourth-order valence-electron chi connectivity index (χ4n) is 1.68. The highest BCUT2D eigenvalue weighted by molar-refractivity contribution is 6.35. The van der Waals surface area contributed by atoms with Crippen molar-refractivity contribution in [1.82, 2.24) is 0 Å². The van der Waals surface area contributed by atoms with Crippen LogP contribution in [0.15, 0.2) is 11.2 Å². The lowest BCUT2D eigenvalue weighted by Gasteiger charge is -2.17. The molecule has 0 N–H and O–H groups in total. The summed E-state index contributed by atoms with van der Waals surface area (Å²) in [5.74, 6) is 0.143. The Morgan fingerprint density at radius 1 is 1.42 bits per heavy atom. The maximum atomic E-state index is 11.1. The second-order valence-electron chi connectivity index (χ2n) is 3.74. The predicted octanol–water partition coefficient (Wildman–Crippen LogP) is 3.74. The minimum atomic E-state index is -0.678. The first-order valence-corrected chi connectivity index (χ1v) is 5.84. The molecule has 0 radical (unpaired) electrons. The van der Waals surface area contributed by atoms with Gasteiger partial charge < -0.3 is 9.47 Å². The predicted molar refractivity (Wildman–Crippen MR) is 67.1 cm³/mol. The third-order valence-corrected chi connectivity index (χ3v) is 2.89. The Bertz CT molecular complexity index is 571. The maximum Gasteiger partial charge on any atom is 0.333 e. The number of nitro benzene ring substituents is 1. The Hall–Kier alpha value is -2.18. The van der Waals surface area contributed by atoms with Gasteiger partial charge in [-0.15, -0.1) is 0 Å². The Labute approximate surface area is 112 Å². The van der Waals surface area contributed by atoms with Crippen molar-refractivity contribution in [3.8, 4) is 11.5 Å². The van der Waals surface area contributed by atoms with Gasteiger partial charge >= 0.3 is 5.69 Å². The number of benzene rings is 1. The van der Waals surface area contributed by atoms with Crippen molar-refractivity contribution >= 4 is 23.0 Å². The smallest absolute Gasteiger partial charge is 0.333 e. The largest absolute Gasteiger partial charge is 0.489 e. The van der Waals surface area contributed by atoms with Crippen molar-refractivity contribution in [1.29, 1.82) is 0 Å². The summed E-state index contributed by atoms with van der Waals surface area (Å²) >= 11 is 5.87. The number of ether oxygens (including phenoxy) is 2. The summed E-state index contributed by atoms with van der Waals surface area (Å²) in [4.78, 5) is 13.0. The van der Waals surface area contributed by atoms with Crippen LogP contribution in [0.1, 0.15) is 12.8 Å². The average molecular weight is 285 g/mol. The van der Waals surface area contributed by atoms with Crippen molar-refractivity contribution in [2.24, 2.45) is 5.11 Å². The molecule has 8 nitrogen and oxygen atoms in total. The molecule has 2 rings (SSSR count). The Morgan fingerprint density at radius 2 is 2.11 bits per heavy atom. The van der Waals surface area contributed by atoms with Crippen LogP contribution in [0.2, 0.25) is 5.02 Å². The van der Waals surface area contributed by atoms with Crippen molar-refractivity contribution in [2.75, 3.05) is 13.2 Å². The third-order valence-electron chi connectivity index (χ3n) is 2.52. The van der Waals surface area contributed by atoms with Crippen LogP contribution in [0.3, 0.4) is 0 Å². The summed E-state index contributed by atoms with van der Waals surface area (Å²) in [6.45, 7) is 0.749. The molecular formula is C10H9ClN4O4. The molecule has 0 saturated carbocycles. The van der Waals surface area contributed by atoms with Crippen LogP contribution in [0.25, 0.3) is 10.4 Å². The number of hydrogen-bond donors (Lipinski definition) is 0. The van der Waals surface area contributed by atoms with Gasteiger partial charge in [0.15, 0.2) is 5.75 Å². The highest BCUT2D eigenvalue weighted by atomic mass is 35.5. The summed E-state index contributed by atoms with van der Waals surface area (Å²) < 4.78 is 10.7. The van der Waals surface area contributed by atoms with Crippen LogP contribution in [-0.2, 0) is 0 Å². The fraction of sp³-hybridized carbons (Fsp3) is 0.400. The van der Waals surface area contributed by atoms with E-state index in [4.69, 9.17) is 26.6 Å². The lowest BCUT2D eigenvalue weighted by molar-refractivity contribution is -0.385. The molecule has 1 aromatic carbocycles. The quantitative estimate of drug-likeness (QED) is 0.271. The van der Waals surface area contributed by atoms with Gasteiger partial charge in [0.1, 0.15) is 5.02 Å². The van der Waals surface area contributed by atoms with E-state index in [0.717, 1.165) is 12.8 Å². The SMILES string of the molecule is [N-]=[N+]=Nc1cc2c(c([N+](=O)[O-])c1Cl)OCCCCO2. The molecular weight excluding hydrogens is 276 g/mol. The number of fused-ring (bicyclic) bond motifs is 1. The molecule has 0 aliphatic carbocycles. The molecule has 0 fully saturated rings. The van der Waals surface area contributed by atoms with Crippen molar-refractivity contribution in [2.45, 2.75) is 12.8 Å². The lowest BCUT2D eigenvalue weighted by Crippen LogP contribution is -2.10. The molecule has 0 spiro atoms. The maximum absolute atomic E-state index is 11.1. The van der Waals surface area contributed by atoms with Crippen LogP contribution < -0.4 is 9.47 Å². The molecule has 1 heterocycles. The molecule has 1 aliphatic rings. The first-order chi connectivity index (χ1) is 9.15. The van der Waals surface area contributed by atoms with Crippen LogP contribution in [-0.4, -0.2) is 18.1 Å². The van der Waals surface area contributed by atoms with Crippen LogP contribution >= 0.6 is 11.6 Å². The zero-order valence-electron chi connectivity index (χ0n) is 9.71. The zero-order valence-corrected chi connectivity index (χ0v) is 10.5. The Balaban J connectivity index is 2.66. The molecule has 1 aromatic rings. The molecule has 0 saturated heterocycles. The third kappa shape index (κ3) is 2.64. The van der Waals surface area contributed by atoms with Gasteiger partial charge in [-0.05, 0) is 24.4 Å². The van der Waals surface area contributed by atoms with Crippen LogP contribution in [0.4, 0.5) is 11.4 Å². The standard InChI is InChI=1S/C10H9ClN4O4/c11-8-6(13-14-12)5-7-10(9(8)15(16)17)19-4-2-1-3-18-7/h5H,1-4H2. The second-order valence-corrected chi connectivity index (χ2v) is 4.11. The number of rotatable bonds is 2. The van der Waals surface area contributed by atoms with E-state index in [0.29, 0.717) is 13.2 Å². The normalized spacial score (nSPS) is 13.9. The van der Waals surface area contributed by atoms with E-state index in [1.165, 1.54) is 6.07 Å². The summed E-state index contributed by atoms with van der Waals surface area (Å²) in [5.41, 5.74) is 7.94. The van der Waals surface area contributed by atoms with Crippen LogP contribution in [0.5, 0.6) is 11.5 Å². The van der Waals surface area contributed by atoms with E-state index in [1.807, 2.05) is 0 Å². The number of halogens is 1. The van der Waals surface area contributed by atoms with Crippen molar-refractivity contribution in [3.63, 3.8) is 0 Å². The number of nitrogens with zero attached hydrogens (tertiary/aromatic N) is 4. The number of azide groups is 1. The minimum Gasteiger partial charge on any atom is -0.489 e. The molecule has 19 heavy (non-hydrogen) atoms. The Morgan fingerprint density at radius 3 is 2.74 bits per heavy atom. The first-order valence-electron chi connectivity index (χ1n) is 5.46.